The minimum Gasteiger partial charge on any atom is -0.494 e. The second-order valence-electron chi connectivity index (χ2n) is 7.24. The monoisotopic (exact) mass is 356 g/mol. The van der Waals surface area contributed by atoms with E-state index in [1.54, 1.807) is 12.3 Å². The SMILES string of the molecule is CCCCCOc1ccc(C=NNC(=O)c2cc(C(C)(C)C)[nH]n2)cc1. The van der Waals surface area contributed by atoms with Crippen LogP contribution in [0.1, 0.15) is 68.7 Å². The number of carbonyl (C=O) groups is 1. The minimum absolute atomic E-state index is 0.0881. The number of amides is 1. The summed E-state index contributed by atoms with van der Waals surface area (Å²) in [6.07, 6.45) is 5.02. The molecule has 0 saturated carbocycles. The number of benzene rings is 1. The zero-order valence-corrected chi connectivity index (χ0v) is 16.0. The van der Waals surface area contributed by atoms with Crippen LogP contribution in [0.2, 0.25) is 0 Å². The average molecular weight is 356 g/mol. The van der Waals surface area contributed by atoms with Crippen molar-refractivity contribution in [3.63, 3.8) is 0 Å². The van der Waals surface area contributed by atoms with Crippen LogP contribution in [0.4, 0.5) is 0 Å². The van der Waals surface area contributed by atoms with Gasteiger partial charge in [0.2, 0.25) is 0 Å². The van der Waals surface area contributed by atoms with Crippen molar-refractivity contribution in [1.29, 1.82) is 0 Å². The van der Waals surface area contributed by atoms with Gasteiger partial charge in [-0.25, -0.2) is 5.43 Å². The average Bonchev–Trinajstić information content (AvgIpc) is 3.10. The van der Waals surface area contributed by atoms with Gasteiger partial charge in [-0.1, -0.05) is 40.5 Å². The standard InChI is InChI=1S/C20H28N4O2/c1-5-6-7-12-26-16-10-8-15(9-11-16)14-21-24-19(25)17-13-18(23-22-17)20(2,3)4/h8-11,13-14H,5-7,12H2,1-4H3,(H,22,23)(H,24,25). The quantitative estimate of drug-likeness (QED) is 0.425. The first-order chi connectivity index (χ1) is 12.4. The van der Waals surface area contributed by atoms with Crippen LogP contribution >= 0.6 is 0 Å². The molecule has 1 aromatic carbocycles. The predicted molar refractivity (Wildman–Crippen MR) is 104 cm³/mol. The molecule has 26 heavy (non-hydrogen) atoms. The summed E-state index contributed by atoms with van der Waals surface area (Å²) >= 11 is 0. The zero-order valence-electron chi connectivity index (χ0n) is 16.0. The van der Waals surface area contributed by atoms with E-state index in [-0.39, 0.29) is 11.3 Å². The van der Waals surface area contributed by atoms with Gasteiger partial charge in [-0.3, -0.25) is 9.89 Å². The third kappa shape index (κ3) is 6.02. The second kappa shape index (κ2) is 9.17. The molecule has 140 valence electrons. The number of nitrogens with zero attached hydrogens (tertiary/aromatic N) is 2. The molecule has 0 atom stereocenters. The van der Waals surface area contributed by atoms with Crippen molar-refractivity contribution in [3.05, 3.63) is 47.3 Å². The Labute approximate surface area is 155 Å². The molecule has 2 N–H and O–H groups in total. The minimum atomic E-state index is -0.344. The first kappa shape index (κ1) is 19.7. The van der Waals surface area contributed by atoms with Gasteiger partial charge in [0, 0.05) is 11.1 Å². The van der Waals surface area contributed by atoms with Crippen LogP contribution in [0.15, 0.2) is 35.4 Å². The van der Waals surface area contributed by atoms with Gasteiger partial charge in [0.05, 0.1) is 12.8 Å². The number of hydrogen-bond acceptors (Lipinski definition) is 4. The Bertz CT molecular complexity index is 727. The Morgan fingerprint density at radius 2 is 2.00 bits per heavy atom. The molecule has 0 fully saturated rings. The van der Waals surface area contributed by atoms with E-state index in [0.29, 0.717) is 5.69 Å². The maximum absolute atomic E-state index is 12.1. The Balaban J connectivity index is 1.84. The van der Waals surface area contributed by atoms with Crippen molar-refractivity contribution in [2.45, 2.75) is 52.4 Å². The second-order valence-corrected chi connectivity index (χ2v) is 7.24. The van der Waals surface area contributed by atoms with Crippen LogP contribution in [0.25, 0.3) is 0 Å². The first-order valence-corrected chi connectivity index (χ1v) is 9.02. The normalized spacial score (nSPS) is 11.7. The number of unbranched alkanes of at least 4 members (excludes halogenated alkanes) is 2. The highest BCUT2D eigenvalue weighted by Crippen LogP contribution is 2.20. The molecule has 0 aliphatic rings. The van der Waals surface area contributed by atoms with Gasteiger partial charge >= 0.3 is 0 Å². The lowest BCUT2D eigenvalue weighted by Gasteiger charge is -2.14. The lowest BCUT2D eigenvalue weighted by atomic mass is 9.92. The van der Waals surface area contributed by atoms with E-state index < -0.39 is 0 Å². The van der Waals surface area contributed by atoms with E-state index in [1.807, 2.05) is 24.3 Å². The molecule has 2 rings (SSSR count). The van der Waals surface area contributed by atoms with Crippen molar-refractivity contribution in [1.82, 2.24) is 15.6 Å². The van der Waals surface area contributed by atoms with Crippen LogP contribution in [0, 0.1) is 0 Å². The number of rotatable bonds is 8. The van der Waals surface area contributed by atoms with Gasteiger partial charge in [0.15, 0.2) is 5.69 Å². The maximum Gasteiger partial charge on any atom is 0.291 e. The van der Waals surface area contributed by atoms with E-state index >= 15 is 0 Å². The zero-order chi connectivity index (χ0) is 19.0. The van der Waals surface area contributed by atoms with Gasteiger partial charge in [0.25, 0.3) is 5.91 Å². The van der Waals surface area contributed by atoms with Crippen molar-refractivity contribution in [2.24, 2.45) is 5.10 Å². The van der Waals surface area contributed by atoms with Crippen LogP contribution in [-0.4, -0.2) is 28.9 Å². The van der Waals surface area contributed by atoms with Crippen LogP contribution in [-0.2, 0) is 5.41 Å². The number of nitrogens with one attached hydrogen (secondary N) is 2. The van der Waals surface area contributed by atoms with Gasteiger partial charge in [-0.15, -0.1) is 0 Å². The van der Waals surface area contributed by atoms with Crippen molar-refractivity contribution < 1.29 is 9.53 Å². The molecule has 1 aromatic heterocycles. The summed E-state index contributed by atoms with van der Waals surface area (Å²) in [5, 5.41) is 10.9. The number of hydrazone groups is 1. The van der Waals surface area contributed by atoms with E-state index in [4.69, 9.17) is 4.74 Å². The number of H-pyrrole nitrogens is 1. The Morgan fingerprint density at radius 1 is 1.27 bits per heavy atom. The molecule has 0 aliphatic carbocycles. The molecule has 1 amide bonds. The van der Waals surface area contributed by atoms with Gasteiger partial charge in [0.1, 0.15) is 5.75 Å². The fourth-order valence-electron chi connectivity index (χ4n) is 2.24. The maximum atomic E-state index is 12.1. The highest BCUT2D eigenvalue weighted by atomic mass is 16.5. The topological polar surface area (TPSA) is 79.4 Å². The summed E-state index contributed by atoms with van der Waals surface area (Å²) in [7, 11) is 0. The summed E-state index contributed by atoms with van der Waals surface area (Å²) in [6, 6.07) is 9.35. The fourth-order valence-corrected chi connectivity index (χ4v) is 2.24. The van der Waals surface area contributed by atoms with E-state index in [2.05, 4.69) is 48.4 Å². The summed E-state index contributed by atoms with van der Waals surface area (Å²) in [5.74, 6) is 0.498. The third-order valence-electron chi connectivity index (χ3n) is 3.89. The number of aromatic amines is 1. The van der Waals surface area contributed by atoms with Crippen LogP contribution < -0.4 is 10.2 Å². The van der Waals surface area contributed by atoms with E-state index in [1.165, 1.54) is 12.8 Å². The smallest absolute Gasteiger partial charge is 0.291 e. The summed E-state index contributed by atoms with van der Waals surface area (Å²) < 4.78 is 5.67. The number of hydrogen-bond donors (Lipinski definition) is 2. The van der Waals surface area contributed by atoms with Crippen molar-refractivity contribution in [2.75, 3.05) is 6.61 Å². The molecular weight excluding hydrogens is 328 g/mol. The molecule has 0 saturated heterocycles. The summed E-state index contributed by atoms with van der Waals surface area (Å²) in [6.45, 7) is 9.06. The third-order valence-corrected chi connectivity index (χ3v) is 3.89. The Kier molecular flexibility index (Phi) is 6.95. The van der Waals surface area contributed by atoms with E-state index in [9.17, 15) is 4.79 Å². The number of ether oxygens (including phenoxy) is 1. The highest BCUT2D eigenvalue weighted by molar-refractivity contribution is 5.93. The Morgan fingerprint density at radius 3 is 2.62 bits per heavy atom. The van der Waals surface area contributed by atoms with Gasteiger partial charge in [-0.2, -0.15) is 10.2 Å². The largest absolute Gasteiger partial charge is 0.494 e. The summed E-state index contributed by atoms with van der Waals surface area (Å²) in [5.41, 5.74) is 4.51. The molecule has 1 heterocycles. The molecule has 2 aromatic rings. The van der Waals surface area contributed by atoms with Gasteiger partial charge in [-0.05, 0) is 42.3 Å². The van der Waals surface area contributed by atoms with Crippen molar-refractivity contribution in [3.8, 4) is 5.75 Å². The molecule has 0 bridgehead atoms. The molecule has 0 radical (unpaired) electrons. The van der Waals surface area contributed by atoms with Gasteiger partial charge < -0.3 is 4.74 Å². The lowest BCUT2D eigenvalue weighted by Crippen LogP contribution is -2.18. The molecule has 0 spiro atoms. The molecule has 0 aliphatic heterocycles. The molecular formula is C20H28N4O2. The number of aromatic nitrogens is 2. The lowest BCUT2D eigenvalue weighted by molar-refractivity contribution is 0.0950. The van der Waals surface area contributed by atoms with Crippen LogP contribution in [0.5, 0.6) is 5.75 Å². The predicted octanol–water partition coefficient (Wildman–Crippen LogP) is 4.04. The summed E-state index contributed by atoms with van der Waals surface area (Å²) in [4.78, 5) is 12.1. The Hall–Kier alpha value is -2.63. The fraction of sp³-hybridized carbons (Fsp3) is 0.450. The van der Waals surface area contributed by atoms with E-state index in [0.717, 1.165) is 30.0 Å². The van der Waals surface area contributed by atoms with Crippen LogP contribution in [0.3, 0.4) is 0 Å². The highest BCUT2D eigenvalue weighted by Gasteiger charge is 2.19. The molecule has 6 heteroatoms. The van der Waals surface area contributed by atoms with Crippen molar-refractivity contribution >= 4 is 12.1 Å². The first-order valence-electron chi connectivity index (χ1n) is 9.02. The number of carbonyl (C=O) groups excluding carboxylic acids is 1. The molecule has 0 unspecified atom stereocenters. The molecule has 6 nitrogen and oxygen atoms in total.